The molecule has 0 saturated carbocycles. The molecular weight excluding hydrogens is 416 g/mol. The highest BCUT2D eigenvalue weighted by Gasteiger charge is 2.08. The van der Waals surface area contributed by atoms with Gasteiger partial charge in [0.25, 0.3) is 11.8 Å². The van der Waals surface area contributed by atoms with E-state index in [2.05, 4.69) is 33.7 Å². The van der Waals surface area contributed by atoms with Gasteiger partial charge in [0, 0.05) is 0 Å². The summed E-state index contributed by atoms with van der Waals surface area (Å²) in [6, 6.07) is 12.5. The Bertz CT molecular complexity index is 780. The lowest BCUT2D eigenvalue weighted by Crippen LogP contribution is -2.45. The number of benzene rings is 2. The van der Waals surface area contributed by atoms with E-state index in [9.17, 15) is 9.59 Å². The highest BCUT2D eigenvalue weighted by molar-refractivity contribution is 9.10. The van der Waals surface area contributed by atoms with E-state index in [0.29, 0.717) is 17.2 Å². The number of carbonyl (C=O) groups excluding carboxylic acids is 2. The molecule has 2 aromatic carbocycles. The first-order valence-corrected chi connectivity index (χ1v) is 9.07. The average Bonchev–Trinajstić information content (AvgIpc) is 2.70. The molecule has 0 heterocycles. The number of carbonyl (C=O) groups is 2. The van der Waals surface area contributed by atoms with Crippen molar-refractivity contribution >= 4 is 27.7 Å². The Labute approximate surface area is 166 Å². The molecule has 0 bridgehead atoms. The third kappa shape index (κ3) is 6.82. The van der Waals surface area contributed by atoms with Crippen molar-refractivity contribution in [2.45, 2.75) is 13.3 Å². The number of hydrazine groups is 1. The van der Waals surface area contributed by atoms with Crippen LogP contribution in [0.15, 0.2) is 46.9 Å². The molecule has 0 aliphatic rings. The van der Waals surface area contributed by atoms with Crippen LogP contribution in [0.3, 0.4) is 0 Å². The number of aryl methyl sites for hydroxylation is 1. The second-order valence-electron chi connectivity index (χ2n) is 5.47. The van der Waals surface area contributed by atoms with Crippen LogP contribution in [0.2, 0.25) is 0 Å². The minimum atomic E-state index is -0.493. The highest BCUT2D eigenvalue weighted by Crippen LogP contribution is 2.26. The molecule has 2 amide bonds. The summed E-state index contributed by atoms with van der Waals surface area (Å²) in [7, 11) is 1.56. The summed E-state index contributed by atoms with van der Waals surface area (Å²) in [4.78, 5) is 23.5. The quantitative estimate of drug-likeness (QED) is 0.621. The van der Waals surface area contributed by atoms with Gasteiger partial charge < -0.3 is 14.2 Å². The van der Waals surface area contributed by atoms with Crippen molar-refractivity contribution in [3.63, 3.8) is 0 Å². The summed E-state index contributed by atoms with van der Waals surface area (Å²) in [6.07, 6.45) is 0.907. The normalized spacial score (nSPS) is 10.0. The second-order valence-corrected chi connectivity index (χ2v) is 6.32. The lowest BCUT2D eigenvalue weighted by molar-refractivity contribution is -0.131. The van der Waals surface area contributed by atoms with Crippen molar-refractivity contribution in [3.8, 4) is 17.2 Å². The largest absolute Gasteiger partial charge is 0.497 e. The minimum absolute atomic E-state index is 0.232. The molecule has 0 spiro atoms. The monoisotopic (exact) mass is 436 g/mol. The van der Waals surface area contributed by atoms with E-state index in [1.165, 1.54) is 0 Å². The number of hydrogen-bond donors (Lipinski definition) is 2. The third-order valence-corrected chi connectivity index (χ3v) is 4.15. The van der Waals surface area contributed by atoms with Crippen LogP contribution in [-0.2, 0) is 16.0 Å². The van der Waals surface area contributed by atoms with Crippen molar-refractivity contribution in [1.29, 1.82) is 0 Å². The fourth-order valence-electron chi connectivity index (χ4n) is 2.06. The lowest BCUT2D eigenvalue weighted by atomic mass is 10.2. The fraction of sp³-hybridized carbons (Fsp3) is 0.263. The van der Waals surface area contributed by atoms with Crippen LogP contribution in [0.25, 0.3) is 0 Å². The summed E-state index contributed by atoms with van der Waals surface area (Å²) in [5, 5.41) is 0. The van der Waals surface area contributed by atoms with Gasteiger partial charge in [-0.05, 0) is 64.3 Å². The number of nitrogens with one attached hydrogen (secondary N) is 2. The predicted molar refractivity (Wildman–Crippen MR) is 104 cm³/mol. The highest BCUT2D eigenvalue weighted by atomic mass is 79.9. The van der Waals surface area contributed by atoms with Gasteiger partial charge >= 0.3 is 0 Å². The SMILES string of the molecule is CCc1ccc(OCC(=O)NNC(=O)COc2ccc(OC)cc2)c(Br)c1. The fourth-order valence-corrected chi connectivity index (χ4v) is 2.60. The molecule has 7 nitrogen and oxygen atoms in total. The number of amides is 2. The van der Waals surface area contributed by atoms with Crippen molar-refractivity contribution in [2.75, 3.05) is 20.3 Å². The molecule has 0 radical (unpaired) electrons. The first-order valence-electron chi connectivity index (χ1n) is 8.27. The molecule has 2 N–H and O–H groups in total. The number of ether oxygens (including phenoxy) is 3. The molecule has 0 aliphatic carbocycles. The Morgan fingerprint density at radius 1 is 0.926 bits per heavy atom. The summed E-state index contributed by atoms with van der Waals surface area (Å²) in [5.41, 5.74) is 5.69. The smallest absolute Gasteiger partial charge is 0.276 e. The first kappa shape index (κ1) is 20.6. The third-order valence-electron chi connectivity index (χ3n) is 3.53. The molecule has 0 atom stereocenters. The van der Waals surface area contributed by atoms with Gasteiger partial charge in [0.15, 0.2) is 13.2 Å². The zero-order valence-electron chi connectivity index (χ0n) is 15.1. The van der Waals surface area contributed by atoms with E-state index < -0.39 is 11.8 Å². The van der Waals surface area contributed by atoms with Gasteiger partial charge in [-0.25, -0.2) is 0 Å². The Morgan fingerprint density at radius 2 is 1.52 bits per heavy atom. The Hall–Kier alpha value is -2.74. The standard InChI is InChI=1S/C19H21BrN2O5/c1-3-13-4-9-17(16(20)10-13)27-12-19(24)22-21-18(23)11-26-15-7-5-14(25-2)6-8-15/h4-10H,3,11-12H2,1-2H3,(H,21,23)(H,22,24). The topological polar surface area (TPSA) is 85.9 Å². The van der Waals surface area contributed by atoms with Crippen molar-refractivity contribution in [2.24, 2.45) is 0 Å². The first-order chi connectivity index (χ1) is 13.0. The van der Waals surface area contributed by atoms with E-state index in [4.69, 9.17) is 14.2 Å². The maximum absolute atomic E-state index is 11.8. The number of halogens is 1. The summed E-state index contributed by atoms with van der Waals surface area (Å²) < 4.78 is 16.5. The number of hydrogen-bond acceptors (Lipinski definition) is 5. The van der Waals surface area contributed by atoms with Gasteiger partial charge in [-0.15, -0.1) is 0 Å². The van der Waals surface area contributed by atoms with Gasteiger partial charge in [-0.3, -0.25) is 20.4 Å². The Balaban J connectivity index is 1.69. The molecule has 2 rings (SSSR count). The van der Waals surface area contributed by atoms with Crippen LogP contribution in [0.4, 0.5) is 0 Å². The molecule has 0 saturated heterocycles. The second kappa shape index (κ2) is 10.4. The number of methoxy groups -OCH3 is 1. The zero-order valence-corrected chi connectivity index (χ0v) is 16.7. The van der Waals surface area contributed by atoms with Gasteiger partial charge in [0.2, 0.25) is 0 Å². The van der Waals surface area contributed by atoms with Crippen LogP contribution in [0, 0.1) is 0 Å². The van der Waals surface area contributed by atoms with E-state index >= 15 is 0 Å². The average molecular weight is 437 g/mol. The van der Waals surface area contributed by atoms with Crippen LogP contribution in [-0.4, -0.2) is 32.1 Å². The van der Waals surface area contributed by atoms with Gasteiger partial charge in [0.05, 0.1) is 11.6 Å². The van der Waals surface area contributed by atoms with Crippen molar-refractivity contribution < 1.29 is 23.8 Å². The van der Waals surface area contributed by atoms with Crippen molar-refractivity contribution in [3.05, 3.63) is 52.5 Å². The van der Waals surface area contributed by atoms with Gasteiger partial charge in [-0.1, -0.05) is 13.0 Å². The van der Waals surface area contributed by atoms with E-state index in [0.717, 1.165) is 16.5 Å². The maximum Gasteiger partial charge on any atom is 0.276 e. The van der Waals surface area contributed by atoms with Crippen LogP contribution < -0.4 is 25.1 Å². The maximum atomic E-state index is 11.8. The Morgan fingerprint density at radius 3 is 2.07 bits per heavy atom. The summed E-state index contributed by atoms with van der Waals surface area (Å²) in [6.45, 7) is 1.58. The van der Waals surface area contributed by atoms with Gasteiger partial charge in [-0.2, -0.15) is 0 Å². The molecule has 144 valence electrons. The van der Waals surface area contributed by atoms with Crippen LogP contribution >= 0.6 is 15.9 Å². The number of rotatable bonds is 8. The minimum Gasteiger partial charge on any atom is -0.497 e. The predicted octanol–water partition coefficient (Wildman–Crippen LogP) is 2.63. The molecule has 0 aromatic heterocycles. The zero-order chi connectivity index (χ0) is 19.6. The van der Waals surface area contributed by atoms with Crippen molar-refractivity contribution in [1.82, 2.24) is 10.9 Å². The Kier molecular flexibility index (Phi) is 7.94. The van der Waals surface area contributed by atoms with E-state index in [1.807, 2.05) is 12.1 Å². The lowest BCUT2D eigenvalue weighted by Gasteiger charge is -2.11. The summed E-state index contributed by atoms with van der Waals surface area (Å²) in [5.74, 6) is 0.777. The molecule has 0 fully saturated rings. The molecular formula is C19H21BrN2O5. The molecule has 0 aliphatic heterocycles. The van der Waals surface area contributed by atoms with E-state index in [1.54, 1.807) is 37.4 Å². The van der Waals surface area contributed by atoms with Crippen LogP contribution in [0.5, 0.6) is 17.2 Å². The molecule has 8 heteroatoms. The van der Waals surface area contributed by atoms with Gasteiger partial charge in [0.1, 0.15) is 17.2 Å². The summed E-state index contributed by atoms with van der Waals surface area (Å²) >= 11 is 3.40. The van der Waals surface area contributed by atoms with Crippen LogP contribution in [0.1, 0.15) is 12.5 Å². The molecule has 0 unspecified atom stereocenters. The molecule has 27 heavy (non-hydrogen) atoms. The molecule has 2 aromatic rings. The van der Waals surface area contributed by atoms with E-state index in [-0.39, 0.29) is 13.2 Å².